The highest BCUT2D eigenvalue weighted by molar-refractivity contribution is 5.99. The fourth-order valence-corrected chi connectivity index (χ4v) is 1.95. The summed E-state index contributed by atoms with van der Waals surface area (Å²) >= 11 is 0. The van der Waals surface area contributed by atoms with Crippen molar-refractivity contribution in [3.63, 3.8) is 0 Å². The Morgan fingerprint density at radius 1 is 1.23 bits per heavy atom. The predicted molar refractivity (Wildman–Crippen MR) is 84.2 cm³/mol. The van der Waals surface area contributed by atoms with Gasteiger partial charge in [0.2, 0.25) is 0 Å². The van der Waals surface area contributed by atoms with Crippen LogP contribution in [0, 0.1) is 0 Å². The smallest absolute Gasteiger partial charge is 0.177 e. The third kappa shape index (κ3) is 3.03. The van der Waals surface area contributed by atoms with Crippen LogP contribution in [0.5, 0.6) is 5.75 Å². The molecule has 7 nitrogen and oxygen atoms in total. The van der Waals surface area contributed by atoms with Gasteiger partial charge in [0.15, 0.2) is 11.5 Å². The topological polar surface area (TPSA) is 76.7 Å². The van der Waals surface area contributed by atoms with Gasteiger partial charge in [0.25, 0.3) is 0 Å². The number of hydrogen-bond acceptors (Lipinski definition) is 6. The summed E-state index contributed by atoms with van der Waals surface area (Å²) in [7, 11) is 0. The van der Waals surface area contributed by atoms with Crippen molar-refractivity contribution in [1.82, 2.24) is 19.8 Å². The minimum atomic E-state index is 0.623. The second kappa shape index (κ2) is 6.21. The third-order valence-corrected chi connectivity index (χ3v) is 3.08. The monoisotopic (exact) mass is 296 g/mol. The summed E-state index contributed by atoms with van der Waals surface area (Å²) in [6, 6.07) is 11.4. The van der Waals surface area contributed by atoms with Gasteiger partial charge in [0.1, 0.15) is 12.1 Å². The molecule has 7 heteroatoms. The molecule has 3 aromatic rings. The van der Waals surface area contributed by atoms with E-state index in [-0.39, 0.29) is 0 Å². The van der Waals surface area contributed by atoms with E-state index < -0.39 is 0 Å². The van der Waals surface area contributed by atoms with Crippen molar-refractivity contribution in [2.75, 3.05) is 12.0 Å². The molecule has 0 unspecified atom stereocenters. The lowest BCUT2D eigenvalue weighted by molar-refractivity contribution is 0.340. The van der Waals surface area contributed by atoms with Crippen molar-refractivity contribution < 1.29 is 4.74 Å². The van der Waals surface area contributed by atoms with E-state index in [2.05, 4.69) is 25.8 Å². The van der Waals surface area contributed by atoms with Crippen molar-refractivity contribution in [2.24, 2.45) is 5.10 Å². The Morgan fingerprint density at radius 2 is 2.05 bits per heavy atom. The Hall–Kier alpha value is -2.96. The van der Waals surface area contributed by atoms with E-state index in [0.29, 0.717) is 18.1 Å². The second-order valence-electron chi connectivity index (χ2n) is 4.62. The van der Waals surface area contributed by atoms with Gasteiger partial charge in [0.05, 0.1) is 12.3 Å². The van der Waals surface area contributed by atoms with E-state index in [0.717, 1.165) is 17.0 Å². The quantitative estimate of drug-likeness (QED) is 0.577. The van der Waals surface area contributed by atoms with Crippen molar-refractivity contribution in [3.8, 4) is 5.75 Å². The highest BCUT2D eigenvalue weighted by atomic mass is 16.5. The highest BCUT2D eigenvalue weighted by Gasteiger charge is 2.01. The molecule has 0 saturated heterocycles. The summed E-state index contributed by atoms with van der Waals surface area (Å²) in [5.41, 5.74) is 5.50. The first-order valence-corrected chi connectivity index (χ1v) is 6.97. The van der Waals surface area contributed by atoms with Gasteiger partial charge in [-0.1, -0.05) is 0 Å². The summed E-state index contributed by atoms with van der Waals surface area (Å²) in [6.07, 6.45) is 1.55. The van der Waals surface area contributed by atoms with Gasteiger partial charge >= 0.3 is 0 Å². The van der Waals surface area contributed by atoms with Crippen LogP contribution >= 0.6 is 0 Å². The maximum atomic E-state index is 5.42. The number of ether oxygens (including phenoxy) is 1. The van der Waals surface area contributed by atoms with Crippen molar-refractivity contribution in [3.05, 3.63) is 48.3 Å². The lowest BCUT2D eigenvalue weighted by atomic mass is 10.1. The average molecular weight is 296 g/mol. The van der Waals surface area contributed by atoms with Crippen LogP contribution in [0.25, 0.3) is 5.65 Å². The molecule has 0 aliphatic carbocycles. The number of fused-ring (bicyclic) bond motifs is 1. The SMILES string of the molecule is CCOc1ccc(/C(C)=N\Nc2ccc3nncn3n2)cc1. The molecule has 0 spiro atoms. The summed E-state index contributed by atoms with van der Waals surface area (Å²) in [5, 5.41) is 16.3. The maximum Gasteiger partial charge on any atom is 0.177 e. The van der Waals surface area contributed by atoms with E-state index >= 15 is 0 Å². The molecular formula is C15H16N6O. The van der Waals surface area contributed by atoms with Gasteiger partial charge in [-0.05, 0) is 55.8 Å². The number of anilines is 1. The van der Waals surface area contributed by atoms with Gasteiger partial charge in [-0.25, -0.2) is 0 Å². The maximum absolute atomic E-state index is 5.42. The van der Waals surface area contributed by atoms with Crippen LogP contribution in [0.4, 0.5) is 5.82 Å². The lowest BCUT2D eigenvalue weighted by Crippen LogP contribution is -2.02. The molecule has 0 amide bonds. The van der Waals surface area contributed by atoms with Gasteiger partial charge in [-0.15, -0.1) is 15.3 Å². The summed E-state index contributed by atoms with van der Waals surface area (Å²) < 4.78 is 7.01. The second-order valence-corrected chi connectivity index (χ2v) is 4.62. The summed E-state index contributed by atoms with van der Waals surface area (Å²) in [4.78, 5) is 0. The Morgan fingerprint density at radius 3 is 2.82 bits per heavy atom. The van der Waals surface area contributed by atoms with Gasteiger partial charge in [-0.2, -0.15) is 9.62 Å². The number of hydrazone groups is 1. The zero-order chi connectivity index (χ0) is 15.4. The zero-order valence-corrected chi connectivity index (χ0v) is 12.4. The Balaban J connectivity index is 1.73. The van der Waals surface area contributed by atoms with E-state index in [4.69, 9.17) is 4.74 Å². The van der Waals surface area contributed by atoms with E-state index in [1.54, 1.807) is 16.9 Å². The summed E-state index contributed by atoms with van der Waals surface area (Å²) in [6.45, 7) is 4.55. The number of nitrogens with one attached hydrogen (secondary N) is 1. The standard InChI is InChI=1S/C15H16N6O/c1-3-22-13-6-4-12(5-7-13)11(2)17-18-14-8-9-15-19-16-10-21(15)20-14/h4-10H,3H2,1-2H3,(H,18,20)/b17-11-. The number of hydrogen-bond donors (Lipinski definition) is 1. The molecule has 22 heavy (non-hydrogen) atoms. The van der Waals surface area contributed by atoms with Crippen LogP contribution < -0.4 is 10.2 Å². The van der Waals surface area contributed by atoms with Crippen LogP contribution in [0.2, 0.25) is 0 Å². The number of aromatic nitrogens is 4. The molecule has 0 aliphatic heterocycles. The van der Waals surface area contributed by atoms with E-state index in [1.165, 1.54) is 0 Å². The molecule has 0 bridgehead atoms. The summed E-state index contributed by atoms with van der Waals surface area (Å²) in [5.74, 6) is 1.48. The molecular weight excluding hydrogens is 280 g/mol. The van der Waals surface area contributed by atoms with Crippen molar-refractivity contribution >= 4 is 17.2 Å². The molecule has 0 saturated carbocycles. The average Bonchev–Trinajstić information content (AvgIpc) is 3.01. The lowest BCUT2D eigenvalue weighted by Gasteiger charge is -2.05. The largest absolute Gasteiger partial charge is 0.494 e. The zero-order valence-electron chi connectivity index (χ0n) is 12.4. The molecule has 2 aromatic heterocycles. The molecule has 1 aromatic carbocycles. The number of nitrogens with zero attached hydrogens (tertiary/aromatic N) is 5. The molecule has 0 radical (unpaired) electrons. The fourth-order valence-electron chi connectivity index (χ4n) is 1.95. The first-order chi connectivity index (χ1) is 10.8. The van der Waals surface area contributed by atoms with Gasteiger partial charge < -0.3 is 4.74 Å². The molecule has 2 heterocycles. The van der Waals surface area contributed by atoms with Crippen LogP contribution in [-0.2, 0) is 0 Å². The van der Waals surface area contributed by atoms with Crippen LogP contribution in [0.15, 0.2) is 47.8 Å². The van der Waals surface area contributed by atoms with Gasteiger partial charge in [0, 0.05) is 0 Å². The molecule has 0 fully saturated rings. The Bertz CT molecular complexity index is 793. The van der Waals surface area contributed by atoms with E-state index in [1.807, 2.05) is 44.2 Å². The molecule has 1 N–H and O–H groups in total. The highest BCUT2D eigenvalue weighted by Crippen LogP contribution is 2.13. The fraction of sp³-hybridized carbons (Fsp3) is 0.200. The molecule has 0 atom stereocenters. The first kappa shape index (κ1) is 14.0. The normalized spacial score (nSPS) is 11.6. The number of rotatable bonds is 5. The van der Waals surface area contributed by atoms with Crippen LogP contribution in [0.3, 0.4) is 0 Å². The van der Waals surface area contributed by atoms with Crippen LogP contribution in [0.1, 0.15) is 19.4 Å². The minimum Gasteiger partial charge on any atom is -0.494 e. The number of benzene rings is 1. The Labute approximate surface area is 127 Å². The minimum absolute atomic E-state index is 0.623. The molecule has 0 aliphatic rings. The van der Waals surface area contributed by atoms with E-state index in [9.17, 15) is 0 Å². The molecule has 3 rings (SSSR count). The van der Waals surface area contributed by atoms with Crippen LogP contribution in [-0.4, -0.2) is 32.1 Å². The predicted octanol–water partition coefficient (Wildman–Crippen LogP) is 2.36. The third-order valence-electron chi connectivity index (χ3n) is 3.08. The Kier molecular flexibility index (Phi) is 3.95. The van der Waals surface area contributed by atoms with Gasteiger partial charge in [-0.3, -0.25) is 5.43 Å². The van der Waals surface area contributed by atoms with Crippen molar-refractivity contribution in [1.29, 1.82) is 0 Å². The van der Waals surface area contributed by atoms with Crippen molar-refractivity contribution in [2.45, 2.75) is 13.8 Å². The first-order valence-electron chi connectivity index (χ1n) is 6.97. The molecule has 112 valence electrons.